The van der Waals surface area contributed by atoms with Gasteiger partial charge in [0.05, 0.1) is 12.3 Å². The first kappa shape index (κ1) is 12.1. The quantitative estimate of drug-likeness (QED) is 0.798. The van der Waals surface area contributed by atoms with Crippen LogP contribution < -0.4 is 5.73 Å². The van der Waals surface area contributed by atoms with Crippen molar-refractivity contribution >= 4 is 11.8 Å². The fourth-order valence-electron chi connectivity index (χ4n) is 1.06. The van der Waals surface area contributed by atoms with Gasteiger partial charge in [-0.25, -0.2) is 0 Å². The molecule has 8 heteroatoms. The van der Waals surface area contributed by atoms with E-state index in [1.165, 1.54) is 11.8 Å². The lowest BCUT2D eigenvalue weighted by Gasteiger charge is -1.92. The molecule has 92 valence electrons. The first-order valence-electron chi connectivity index (χ1n) is 5.16. The van der Waals surface area contributed by atoms with Crippen molar-refractivity contribution in [3.05, 3.63) is 17.6 Å². The topological polar surface area (TPSA) is 104 Å². The molecule has 0 aromatic carbocycles. The van der Waals surface area contributed by atoms with E-state index in [2.05, 4.69) is 20.3 Å². The van der Waals surface area contributed by atoms with Gasteiger partial charge in [0.25, 0.3) is 5.22 Å². The number of aromatic nitrogens is 4. The molecule has 0 saturated heterocycles. The third kappa shape index (κ3) is 3.04. The summed E-state index contributed by atoms with van der Waals surface area (Å²) in [6.45, 7) is 4.26. The van der Waals surface area contributed by atoms with Crippen LogP contribution in [0.3, 0.4) is 0 Å². The van der Waals surface area contributed by atoms with Gasteiger partial charge < -0.3 is 14.7 Å². The highest BCUT2D eigenvalue weighted by Gasteiger charge is 2.12. The zero-order chi connectivity index (χ0) is 12.3. The minimum atomic E-state index is 0.242. The Hall–Kier alpha value is -1.41. The molecule has 0 fully saturated rings. The largest absolute Gasteiger partial charge is 0.415 e. The molecule has 17 heavy (non-hydrogen) atoms. The van der Waals surface area contributed by atoms with Crippen molar-refractivity contribution in [1.82, 2.24) is 20.3 Å². The van der Waals surface area contributed by atoms with Crippen LogP contribution in [0.25, 0.3) is 0 Å². The second-order valence-corrected chi connectivity index (χ2v) is 4.58. The van der Waals surface area contributed by atoms with Gasteiger partial charge >= 0.3 is 0 Å². The second kappa shape index (κ2) is 5.28. The van der Waals surface area contributed by atoms with Gasteiger partial charge in [0.15, 0.2) is 5.82 Å². The van der Waals surface area contributed by atoms with Gasteiger partial charge in [0.1, 0.15) is 0 Å². The highest BCUT2D eigenvalue weighted by Crippen LogP contribution is 2.21. The molecular formula is C9H13N5O2S. The molecule has 0 aliphatic heterocycles. The van der Waals surface area contributed by atoms with Crippen LogP contribution in [0.2, 0.25) is 0 Å². The molecular weight excluding hydrogens is 242 g/mol. The summed E-state index contributed by atoms with van der Waals surface area (Å²) < 4.78 is 10.3. The molecule has 0 aliphatic carbocycles. The number of hydrogen-bond donors (Lipinski definition) is 1. The number of hydrogen-bond acceptors (Lipinski definition) is 8. The Balaban J connectivity index is 1.92. The summed E-state index contributed by atoms with van der Waals surface area (Å²) in [6.07, 6.45) is 0. The zero-order valence-corrected chi connectivity index (χ0v) is 10.4. The molecule has 0 bridgehead atoms. The van der Waals surface area contributed by atoms with Gasteiger partial charge in [-0.3, -0.25) is 0 Å². The van der Waals surface area contributed by atoms with E-state index >= 15 is 0 Å². The van der Waals surface area contributed by atoms with Crippen molar-refractivity contribution in [2.24, 2.45) is 5.73 Å². The Bertz CT molecular complexity index is 481. The maximum Gasteiger partial charge on any atom is 0.277 e. The standard InChI is InChI=1S/C9H13N5O2S/c1-5(2)8-11-7(16-14-8)4-17-9-13-12-6(3-10)15-9/h5H,3-4,10H2,1-2H3. The molecule has 2 aromatic heterocycles. The molecule has 2 rings (SSSR count). The molecule has 0 spiro atoms. The Morgan fingerprint density at radius 1 is 1.29 bits per heavy atom. The van der Waals surface area contributed by atoms with Gasteiger partial charge in [-0.2, -0.15) is 4.98 Å². The van der Waals surface area contributed by atoms with Crippen molar-refractivity contribution in [3.63, 3.8) is 0 Å². The Morgan fingerprint density at radius 2 is 2.12 bits per heavy atom. The van der Waals surface area contributed by atoms with E-state index in [4.69, 9.17) is 14.7 Å². The third-order valence-corrected chi connectivity index (χ3v) is 2.75. The fourth-order valence-corrected chi connectivity index (χ4v) is 1.68. The van der Waals surface area contributed by atoms with Gasteiger partial charge in [0, 0.05) is 5.92 Å². The van der Waals surface area contributed by atoms with E-state index in [1.54, 1.807) is 0 Å². The summed E-state index contributed by atoms with van der Waals surface area (Å²) >= 11 is 1.34. The summed E-state index contributed by atoms with van der Waals surface area (Å²) in [5, 5.41) is 11.9. The fraction of sp³-hybridized carbons (Fsp3) is 0.556. The van der Waals surface area contributed by atoms with Crippen molar-refractivity contribution in [3.8, 4) is 0 Å². The minimum Gasteiger partial charge on any atom is -0.415 e. The van der Waals surface area contributed by atoms with Gasteiger partial charge in [0.2, 0.25) is 11.8 Å². The number of rotatable bonds is 5. The summed E-state index contributed by atoms with van der Waals surface area (Å²) in [4.78, 5) is 4.24. The second-order valence-electron chi connectivity index (χ2n) is 3.66. The lowest BCUT2D eigenvalue weighted by Crippen LogP contribution is -1.95. The Kier molecular flexibility index (Phi) is 3.75. The van der Waals surface area contributed by atoms with Crippen LogP contribution in [0, 0.1) is 0 Å². The van der Waals surface area contributed by atoms with E-state index in [0.29, 0.717) is 28.6 Å². The zero-order valence-electron chi connectivity index (χ0n) is 9.58. The highest BCUT2D eigenvalue weighted by atomic mass is 32.2. The average Bonchev–Trinajstić information content (AvgIpc) is 2.95. The van der Waals surface area contributed by atoms with Gasteiger partial charge in [-0.05, 0) is 0 Å². The van der Waals surface area contributed by atoms with Crippen LogP contribution in [0.5, 0.6) is 0 Å². The average molecular weight is 255 g/mol. The lowest BCUT2D eigenvalue weighted by molar-refractivity contribution is 0.381. The van der Waals surface area contributed by atoms with Crippen LogP contribution in [0.4, 0.5) is 0 Å². The van der Waals surface area contributed by atoms with Crippen LogP contribution in [-0.2, 0) is 12.3 Å². The van der Waals surface area contributed by atoms with E-state index in [1.807, 2.05) is 13.8 Å². The van der Waals surface area contributed by atoms with Crippen molar-refractivity contribution in [1.29, 1.82) is 0 Å². The highest BCUT2D eigenvalue weighted by molar-refractivity contribution is 7.98. The molecule has 7 nitrogen and oxygen atoms in total. The number of thioether (sulfide) groups is 1. The molecule has 0 atom stereocenters. The monoisotopic (exact) mass is 255 g/mol. The van der Waals surface area contributed by atoms with Crippen LogP contribution >= 0.6 is 11.8 Å². The maximum absolute atomic E-state index is 5.36. The molecule has 0 saturated carbocycles. The van der Waals surface area contributed by atoms with E-state index in [-0.39, 0.29) is 12.5 Å². The van der Waals surface area contributed by atoms with Crippen molar-refractivity contribution in [2.75, 3.05) is 0 Å². The smallest absolute Gasteiger partial charge is 0.277 e. The molecule has 0 amide bonds. The van der Waals surface area contributed by atoms with Crippen molar-refractivity contribution in [2.45, 2.75) is 37.3 Å². The SMILES string of the molecule is CC(C)c1noc(CSc2nnc(CN)o2)n1. The number of nitrogens with two attached hydrogens (primary N) is 1. The molecule has 0 unspecified atom stereocenters. The molecule has 2 aromatic rings. The minimum absolute atomic E-state index is 0.242. The van der Waals surface area contributed by atoms with Gasteiger partial charge in [-0.1, -0.05) is 30.8 Å². The summed E-state index contributed by atoms with van der Waals surface area (Å²) in [6, 6.07) is 0. The normalized spacial score (nSPS) is 11.3. The summed E-state index contributed by atoms with van der Waals surface area (Å²) in [5.41, 5.74) is 5.36. The van der Waals surface area contributed by atoms with E-state index in [0.717, 1.165) is 0 Å². The maximum atomic E-state index is 5.36. The van der Waals surface area contributed by atoms with Crippen LogP contribution in [0.1, 0.15) is 37.4 Å². The molecule has 2 heterocycles. The summed E-state index contributed by atoms with van der Waals surface area (Å²) in [5.74, 6) is 2.43. The third-order valence-electron chi connectivity index (χ3n) is 1.94. The Morgan fingerprint density at radius 3 is 2.71 bits per heavy atom. The predicted octanol–water partition coefficient (Wildman–Crippen LogP) is 1.33. The van der Waals surface area contributed by atoms with Crippen LogP contribution in [-0.4, -0.2) is 20.3 Å². The van der Waals surface area contributed by atoms with E-state index in [9.17, 15) is 0 Å². The number of nitrogens with zero attached hydrogens (tertiary/aromatic N) is 4. The lowest BCUT2D eigenvalue weighted by atomic mass is 10.2. The van der Waals surface area contributed by atoms with E-state index < -0.39 is 0 Å². The first-order valence-corrected chi connectivity index (χ1v) is 6.15. The molecule has 2 N–H and O–H groups in total. The Labute approximate surface area is 102 Å². The molecule has 0 radical (unpaired) electrons. The molecule has 0 aliphatic rings. The summed E-state index contributed by atoms with van der Waals surface area (Å²) in [7, 11) is 0. The van der Waals surface area contributed by atoms with Gasteiger partial charge in [-0.15, -0.1) is 10.2 Å². The predicted molar refractivity (Wildman–Crippen MR) is 60.1 cm³/mol. The van der Waals surface area contributed by atoms with Crippen molar-refractivity contribution < 1.29 is 8.94 Å². The first-order chi connectivity index (χ1) is 8.19. The van der Waals surface area contributed by atoms with Crippen LogP contribution in [0.15, 0.2) is 14.2 Å².